The second-order valence-electron chi connectivity index (χ2n) is 28.4. The molecule has 0 bridgehead atoms. The number of carbonyl (C=O) groups excluding carboxylic acids is 3. The predicted octanol–water partition coefficient (Wildman–Crippen LogP) is 11.5. The van der Waals surface area contributed by atoms with Crippen LogP contribution in [0.2, 0.25) is 0 Å². The summed E-state index contributed by atoms with van der Waals surface area (Å²) in [5, 5.41) is 110. The molecule has 0 aromatic rings. The van der Waals surface area contributed by atoms with Gasteiger partial charge >= 0.3 is 25.7 Å². The molecular formula is C75H139O24P. The van der Waals surface area contributed by atoms with Crippen LogP contribution in [0.25, 0.3) is 0 Å². The van der Waals surface area contributed by atoms with E-state index >= 15 is 0 Å². The summed E-state index contributed by atoms with van der Waals surface area (Å²) < 4.78 is 65.1. The molecule has 2 aliphatic heterocycles. The van der Waals surface area contributed by atoms with Gasteiger partial charge in [0.1, 0.15) is 98.7 Å². The van der Waals surface area contributed by atoms with Crippen molar-refractivity contribution in [2.45, 2.75) is 420 Å². The standard InChI is InChI=1S/C75H139O24P/c1-4-7-10-13-16-19-22-25-28-30-33-35-38-41-44-47-50-60(78)92-55-58-63(81)65(83)70(88)75(96-58)98-72-68(86)66(84)67(85)71(97-74-69(87)64(82)62(80)57(52-76)95-74)73(72)99-100(89,90)93-54-56(94-61(79)51-48-45-42-39-36-31-27-24-21-18-15-12-9-6-3)53-91-59(77)49-46-43-40-37-34-32-29-26-23-20-17-14-11-8-5-2/h31,36,56-58,62-76,80-88H,4-30,32-35,37-55H2,1-3H3,(H,89,90)/b36-31-. The van der Waals surface area contributed by atoms with Crippen LogP contribution in [-0.4, -0.2) is 204 Å². The molecule has 18 unspecified atom stereocenters. The lowest BCUT2D eigenvalue weighted by Gasteiger charge is -2.49. The molecule has 0 amide bonds. The second kappa shape index (κ2) is 57.0. The quantitative estimate of drug-likeness (QED) is 0.00886. The van der Waals surface area contributed by atoms with Gasteiger partial charge in [0.2, 0.25) is 0 Å². The van der Waals surface area contributed by atoms with Gasteiger partial charge in [0.15, 0.2) is 18.7 Å². The first-order valence-electron chi connectivity index (χ1n) is 39.5. The van der Waals surface area contributed by atoms with Crippen molar-refractivity contribution in [3.8, 4) is 0 Å². The Morgan fingerprint density at radius 3 is 1.09 bits per heavy atom. The zero-order valence-electron chi connectivity index (χ0n) is 61.5. The molecule has 18 atom stereocenters. The third kappa shape index (κ3) is 39.3. The molecule has 0 radical (unpaired) electrons. The Morgan fingerprint density at radius 1 is 0.380 bits per heavy atom. The molecule has 2 saturated heterocycles. The first-order valence-corrected chi connectivity index (χ1v) is 41.0. The highest BCUT2D eigenvalue weighted by atomic mass is 31.2. The Kier molecular flexibility index (Phi) is 52.3. The number of allylic oxidation sites excluding steroid dienone is 2. The van der Waals surface area contributed by atoms with Gasteiger partial charge in [-0.3, -0.25) is 23.4 Å². The van der Waals surface area contributed by atoms with E-state index in [-0.39, 0.29) is 19.3 Å². The van der Waals surface area contributed by atoms with E-state index in [0.717, 1.165) is 83.5 Å². The maximum Gasteiger partial charge on any atom is 0.472 e. The number of phosphoric acid groups is 1. The van der Waals surface area contributed by atoms with E-state index in [1.165, 1.54) is 167 Å². The first-order chi connectivity index (χ1) is 48.3. The van der Waals surface area contributed by atoms with Crippen molar-refractivity contribution < 1.29 is 117 Å². The number of ether oxygens (including phenoxy) is 7. The molecule has 1 saturated carbocycles. The first kappa shape index (κ1) is 91.9. The van der Waals surface area contributed by atoms with Crippen LogP contribution in [0.5, 0.6) is 0 Å². The van der Waals surface area contributed by atoms with Gasteiger partial charge in [-0.05, 0) is 44.9 Å². The highest BCUT2D eigenvalue weighted by Gasteiger charge is 2.58. The molecular weight excluding hydrogens is 1320 g/mol. The Bertz CT molecular complexity index is 2110. The fourth-order valence-corrected chi connectivity index (χ4v) is 14.1. The number of unbranched alkanes of at least 4 members (excludes halogenated alkanes) is 39. The van der Waals surface area contributed by atoms with Crippen molar-refractivity contribution in [2.24, 2.45) is 0 Å². The summed E-state index contributed by atoms with van der Waals surface area (Å²) in [6.07, 6.45) is 16.9. The summed E-state index contributed by atoms with van der Waals surface area (Å²) in [6.45, 7) is 3.47. The number of aliphatic hydroxyl groups is 10. The van der Waals surface area contributed by atoms with Crippen molar-refractivity contribution in [3.63, 3.8) is 0 Å². The molecule has 25 heteroatoms. The van der Waals surface area contributed by atoms with Crippen molar-refractivity contribution >= 4 is 25.7 Å². The van der Waals surface area contributed by atoms with E-state index in [9.17, 15) is 74.9 Å². The number of hydrogen-bond donors (Lipinski definition) is 11. The largest absolute Gasteiger partial charge is 0.472 e. The zero-order valence-corrected chi connectivity index (χ0v) is 62.4. The molecule has 100 heavy (non-hydrogen) atoms. The summed E-state index contributed by atoms with van der Waals surface area (Å²) in [5.41, 5.74) is 0. The monoisotopic (exact) mass is 1450 g/mol. The topological polar surface area (TPSA) is 374 Å². The third-order valence-electron chi connectivity index (χ3n) is 19.5. The van der Waals surface area contributed by atoms with Crippen LogP contribution in [0, 0.1) is 0 Å². The van der Waals surface area contributed by atoms with Crippen LogP contribution >= 0.6 is 7.82 Å². The van der Waals surface area contributed by atoms with Crippen molar-refractivity contribution in [2.75, 3.05) is 26.4 Å². The van der Waals surface area contributed by atoms with Gasteiger partial charge in [-0.1, -0.05) is 264 Å². The maximum absolute atomic E-state index is 14.3. The number of aliphatic hydroxyl groups excluding tert-OH is 10. The van der Waals surface area contributed by atoms with E-state index in [1.807, 2.05) is 0 Å². The lowest BCUT2D eigenvalue weighted by Crippen LogP contribution is -2.69. The molecule has 24 nitrogen and oxygen atoms in total. The van der Waals surface area contributed by atoms with Gasteiger partial charge < -0.3 is 89.1 Å². The van der Waals surface area contributed by atoms with Crippen molar-refractivity contribution in [1.82, 2.24) is 0 Å². The van der Waals surface area contributed by atoms with Gasteiger partial charge in [0.05, 0.1) is 13.2 Å². The van der Waals surface area contributed by atoms with Crippen LogP contribution in [0.1, 0.15) is 316 Å². The Morgan fingerprint density at radius 2 is 0.700 bits per heavy atom. The van der Waals surface area contributed by atoms with E-state index in [4.69, 9.17) is 42.2 Å². The Labute approximate surface area is 599 Å². The summed E-state index contributed by atoms with van der Waals surface area (Å²) in [5.74, 6) is -1.99. The molecule has 0 aromatic carbocycles. The fourth-order valence-electron chi connectivity index (χ4n) is 13.1. The van der Waals surface area contributed by atoms with E-state index < -0.39 is 156 Å². The SMILES string of the molecule is CCCCCCCCC/C=C\CCCCCC(=O)OC(COC(=O)CCCCCCCCCCCCCCCCC)COP(=O)(O)OC1C(OC2OC(CO)C(O)C(O)C2O)C(O)C(O)C(O)C1OC1OC(COC(=O)CCCCCCCCCCCCCCCCCC)C(O)C(O)C1O. The average Bonchev–Trinajstić information content (AvgIpc) is 0.761. The molecule has 588 valence electrons. The fraction of sp³-hybridized carbons (Fsp3) is 0.933. The molecule has 11 N–H and O–H groups in total. The van der Waals surface area contributed by atoms with Crippen LogP contribution in [-0.2, 0) is 61.2 Å². The average molecular weight is 1460 g/mol. The molecule has 0 aromatic heterocycles. The van der Waals surface area contributed by atoms with Crippen LogP contribution in [0.3, 0.4) is 0 Å². The molecule has 3 aliphatic rings. The molecule has 3 rings (SSSR count). The zero-order chi connectivity index (χ0) is 73.2. The highest BCUT2D eigenvalue weighted by molar-refractivity contribution is 7.47. The van der Waals surface area contributed by atoms with Gasteiger partial charge in [0.25, 0.3) is 0 Å². The number of phosphoric ester groups is 1. The lowest BCUT2D eigenvalue weighted by atomic mass is 9.84. The number of rotatable bonds is 62. The minimum Gasteiger partial charge on any atom is -0.463 e. The van der Waals surface area contributed by atoms with Crippen LogP contribution < -0.4 is 0 Å². The molecule has 3 fully saturated rings. The highest BCUT2D eigenvalue weighted by Crippen LogP contribution is 2.49. The van der Waals surface area contributed by atoms with Gasteiger partial charge in [-0.2, -0.15) is 0 Å². The predicted molar refractivity (Wildman–Crippen MR) is 379 cm³/mol. The maximum atomic E-state index is 14.3. The van der Waals surface area contributed by atoms with Crippen LogP contribution in [0.15, 0.2) is 12.2 Å². The van der Waals surface area contributed by atoms with Gasteiger partial charge in [-0.25, -0.2) is 4.57 Å². The third-order valence-corrected chi connectivity index (χ3v) is 20.5. The van der Waals surface area contributed by atoms with Crippen molar-refractivity contribution in [1.29, 1.82) is 0 Å². The minimum atomic E-state index is -5.70. The molecule has 2 heterocycles. The second-order valence-corrected chi connectivity index (χ2v) is 29.8. The molecule has 0 spiro atoms. The number of carbonyl (C=O) groups is 3. The van der Waals surface area contributed by atoms with Crippen LogP contribution in [0.4, 0.5) is 0 Å². The Balaban J connectivity index is 1.71. The summed E-state index contributed by atoms with van der Waals surface area (Å²) in [4.78, 5) is 51.1. The summed E-state index contributed by atoms with van der Waals surface area (Å²) >= 11 is 0. The normalized spacial score (nSPS) is 27.3. The van der Waals surface area contributed by atoms with E-state index in [1.54, 1.807) is 0 Å². The number of esters is 3. The van der Waals surface area contributed by atoms with Crippen molar-refractivity contribution in [3.05, 3.63) is 12.2 Å². The van der Waals surface area contributed by atoms with E-state index in [0.29, 0.717) is 25.7 Å². The van der Waals surface area contributed by atoms with E-state index in [2.05, 4.69) is 32.9 Å². The summed E-state index contributed by atoms with van der Waals surface area (Å²) in [7, 11) is -5.70. The van der Waals surface area contributed by atoms with Gasteiger partial charge in [-0.15, -0.1) is 0 Å². The minimum absolute atomic E-state index is 0.0324. The Hall–Kier alpha value is -2.30. The molecule has 1 aliphatic carbocycles. The summed E-state index contributed by atoms with van der Waals surface area (Å²) in [6, 6.07) is 0. The number of hydrogen-bond acceptors (Lipinski definition) is 23. The van der Waals surface area contributed by atoms with Gasteiger partial charge in [0, 0.05) is 19.3 Å². The lowest BCUT2D eigenvalue weighted by molar-refractivity contribution is -0.360. The smallest absolute Gasteiger partial charge is 0.463 e.